The average molecular weight is 299 g/mol. The minimum Gasteiger partial charge on any atom is -0.360 e. The summed E-state index contributed by atoms with van der Waals surface area (Å²) in [6.45, 7) is 3.80. The third-order valence-electron chi connectivity index (χ3n) is 2.90. The van der Waals surface area contributed by atoms with Gasteiger partial charge < -0.3 is 9.84 Å². The SMILES string of the molecule is Cc1ccc(-c2nc(C(=O)Nc3cc(C)on3)cs2)cc1. The first-order chi connectivity index (χ1) is 10.1. The van der Waals surface area contributed by atoms with Crippen LogP contribution in [-0.4, -0.2) is 16.0 Å². The van der Waals surface area contributed by atoms with E-state index in [2.05, 4.69) is 15.5 Å². The maximum Gasteiger partial charge on any atom is 0.276 e. The molecule has 21 heavy (non-hydrogen) atoms. The zero-order chi connectivity index (χ0) is 14.8. The van der Waals surface area contributed by atoms with Gasteiger partial charge in [0.05, 0.1) is 0 Å². The zero-order valence-corrected chi connectivity index (χ0v) is 12.4. The third-order valence-corrected chi connectivity index (χ3v) is 3.80. The summed E-state index contributed by atoms with van der Waals surface area (Å²) in [6, 6.07) is 9.70. The standard InChI is InChI=1S/C15H13N3O2S/c1-9-3-5-11(6-4-9)15-16-12(8-21-15)14(19)17-13-7-10(2)20-18-13/h3-8H,1-2H3,(H,17,18,19). The van der Waals surface area contributed by atoms with E-state index in [0.29, 0.717) is 17.3 Å². The van der Waals surface area contributed by atoms with Crippen LogP contribution in [0.15, 0.2) is 40.2 Å². The fourth-order valence-corrected chi connectivity index (χ4v) is 2.62. The molecular weight excluding hydrogens is 286 g/mol. The molecule has 1 N–H and O–H groups in total. The molecule has 2 aromatic heterocycles. The van der Waals surface area contributed by atoms with Gasteiger partial charge >= 0.3 is 0 Å². The van der Waals surface area contributed by atoms with Crippen LogP contribution in [0.25, 0.3) is 10.6 Å². The van der Waals surface area contributed by atoms with Crippen molar-refractivity contribution < 1.29 is 9.32 Å². The van der Waals surface area contributed by atoms with Crippen LogP contribution in [0.3, 0.4) is 0 Å². The number of carbonyl (C=O) groups excluding carboxylic acids is 1. The Morgan fingerprint density at radius 2 is 2.00 bits per heavy atom. The van der Waals surface area contributed by atoms with E-state index in [1.165, 1.54) is 16.9 Å². The number of hydrogen-bond donors (Lipinski definition) is 1. The second-order valence-electron chi connectivity index (χ2n) is 4.68. The average Bonchev–Trinajstić information content (AvgIpc) is 3.09. The second-order valence-corrected chi connectivity index (χ2v) is 5.54. The van der Waals surface area contributed by atoms with Crippen molar-refractivity contribution in [3.05, 3.63) is 52.7 Å². The van der Waals surface area contributed by atoms with E-state index in [4.69, 9.17) is 4.52 Å². The van der Waals surface area contributed by atoms with Crippen molar-refractivity contribution in [3.63, 3.8) is 0 Å². The number of aromatic nitrogens is 2. The lowest BCUT2D eigenvalue weighted by Crippen LogP contribution is -2.12. The fourth-order valence-electron chi connectivity index (χ4n) is 1.81. The Morgan fingerprint density at radius 3 is 2.67 bits per heavy atom. The normalized spacial score (nSPS) is 10.6. The Kier molecular flexibility index (Phi) is 3.53. The summed E-state index contributed by atoms with van der Waals surface area (Å²) in [7, 11) is 0. The monoisotopic (exact) mass is 299 g/mol. The highest BCUT2D eigenvalue weighted by atomic mass is 32.1. The highest BCUT2D eigenvalue weighted by molar-refractivity contribution is 7.13. The van der Waals surface area contributed by atoms with Gasteiger partial charge in [-0.15, -0.1) is 11.3 Å². The second kappa shape index (κ2) is 5.49. The first kappa shape index (κ1) is 13.5. The number of anilines is 1. The fraction of sp³-hybridized carbons (Fsp3) is 0.133. The predicted octanol–water partition coefficient (Wildman–Crippen LogP) is 3.67. The largest absolute Gasteiger partial charge is 0.360 e. The maximum absolute atomic E-state index is 12.1. The van der Waals surface area contributed by atoms with Crippen LogP contribution in [-0.2, 0) is 0 Å². The van der Waals surface area contributed by atoms with Crippen LogP contribution in [0.1, 0.15) is 21.8 Å². The summed E-state index contributed by atoms with van der Waals surface area (Å²) < 4.78 is 4.90. The third kappa shape index (κ3) is 3.00. The summed E-state index contributed by atoms with van der Waals surface area (Å²) in [5.74, 6) is 0.740. The van der Waals surface area contributed by atoms with Gasteiger partial charge in [-0.25, -0.2) is 4.98 Å². The van der Waals surface area contributed by atoms with Gasteiger partial charge in [-0.1, -0.05) is 35.0 Å². The molecule has 1 amide bonds. The van der Waals surface area contributed by atoms with Crippen molar-refractivity contribution in [2.75, 3.05) is 5.32 Å². The van der Waals surface area contributed by atoms with Crippen molar-refractivity contribution in [1.29, 1.82) is 0 Å². The van der Waals surface area contributed by atoms with Crippen molar-refractivity contribution in [1.82, 2.24) is 10.1 Å². The van der Waals surface area contributed by atoms with Crippen molar-refractivity contribution in [2.24, 2.45) is 0 Å². The summed E-state index contributed by atoms with van der Waals surface area (Å²) in [5, 5.41) is 8.93. The molecule has 0 aliphatic heterocycles. The summed E-state index contributed by atoms with van der Waals surface area (Å²) >= 11 is 1.44. The van der Waals surface area contributed by atoms with E-state index in [1.54, 1.807) is 18.4 Å². The smallest absolute Gasteiger partial charge is 0.276 e. The molecule has 1 aromatic carbocycles. The number of rotatable bonds is 3. The van der Waals surface area contributed by atoms with E-state index in [1.807, 2.05) is 31.2 Å². The Morgan fingerprint density at radius 1 is 1.24 bits per heavy atom. The highest BCUT2D eigenvalue weighted by Gasteiger charge is 2.13. The number of carbonyl (C=O) groups is 1. The summed E-state index contributed by atoms with van der Waals surface area (Å²) in [5.41, 5.74) is 2.56. The molecule has 106 valence electrons. The molecule has 0 aliphatic rings. The lowest BCUT2D eigenvalue weighted by Gasteiger charge is -1.98. The Balaban J connectivity index is 1.78. The molecule has 0 aliphatic carbocycles. The van der Waals surface area contributed by atoms with Crippen LogP contribution in [0, 0.1) is 13.8 Å². The molecule has 0 bridgehead atoms. The first-order valence-corrected chi connectivity index (χ1v) is 7.27. The van der Waals surface area contributed by atoms with Crippen LogP contribution < -0.4 is 5.32 Å². The number of nitrogens with one attached hydrogen (secondary N) is 1. The minimum atomic E-state index is -0.294. The molecule has 0 atom stereocenters. The topological polar surface area (TPSA) is 68.0 Å². The van der Waals surface area contributed by atoms with Gasteiger partial charge in [0, 0.05) is 17.0 Å². The summed E-state index contributed by atoms with van der Waals surface area (Å²) in [4.78, 5) is 16.4. The molecule has 0 spiro atoms. The Labute approximate surface area is 125 Å². The van der Waals surface area contributed by atoms with E-state index in [0.717, 1.165) is 10.6 Å². The van der Waals surface area contributed by atoms with Crippen LogP contribution in [0.2, 0.25) is 0 Å². The molecule has 0 radical (unpaired) electrons. The minimum absolute atomic E-state index is 0.294. The van der Waals surface area contributed by atoms with Crippen molar-refractivity contribution >= 4 is 23.1 Å². The van der Waals surface area contributed by atoms with E-state index >= 15 is 0 Å². The van der Waals surface area contributed by atoms with Gasteiger partial charge in [-0.3, -0.25) is 4.79 Å². The van der Waals surface area contributed by atoms with Gasteiger partial charge in [-0.05, 0) is 13.8 Å². The molecule has 0 unspecified atom stereocenters. The molecule has 3 aromatic rings. The lowest BCUT2D eigenvalue weighted by atomic mass is 10.2. The molecule has 0 saturated carbocycles. The molecule has 0 saturated heterocycles. The molecule has 2 heterocycles. The van der Waals surface area contributed by atoms with E-state index in [-0.39, 0.29) is 5.91 Å². The van der Waals surface area contributed by atoms with Gasteiger partial charge in [0.2, 0.25) is 0 Å². The van der Waals surface area contributed by atoms with Crippen molar-refractivity contribution in [2.45, 2.75) is 13.8 Å². The maximum atomic E-state index is 12.1. The molecule has 6 heteroatoms. The quantitative estimate of drug-likeness (QED) is 0.801. The van der Waals surface area contributed by atoms with Crippen LogP contribution in [0.4, 0.5) is 5.82 Å². The Hall–Kier alpha value is -2.47. The molecule has 3 rings (SSSR count). The molecular formula is C15H13N3O2S. The van der Waals surface area contributed by atoms with Gasteiger partial charge in [0.15, 0.2) is 5.82 Å². The van der Waals surface area contributed by atoms with Crippen molar-refractivity contribution in [3.8, 4) is 10.6 Å². The van der Waals surface area contributed by atoms with Gasteiger partial charge in [-0.2, -0.15) is 0 Å². The Bertz CT molecular complexity index is 774. The van der Waals surface area contributed by atoms with Crippen LogP contribution in [0.5, 0.6) is 0 Å². The van der Waals surface area contributed by atoms with Gasteiger partial charge in [0.1, 0.15) is 16.5 Å². The molecule has 5 nitrogen and oxygen atoms in total. The number of aryl methyl sites for hydroxylation is 2. The number of amides is 1. The predicted molar refractivity (Wildman–Crippen MR) is 81.5 cm³/mol. The number of hydrogen-bond acceptors (Lipinski definition) is 5. The van der Waals surface area contributed by atoms with E-state index < -0.39 is 0 Å². The molecule has 0 fully saturated rings. The number of nitrogens with zero attached hydrogens (tertiary/aromatic N) is 2. The summed E-state index contributed by atoms with van der Waals surface area (Å²) in [6.07, 6.45) is 0. The number of thiazole rings is 1. The van der Waals surface area contributed by atoms with Gasteiger partial charge in [0.25, 0.3) is 5.91 Å². The van der Waals surface area contributed by atoms with E-state index in [9.17, 15) is 4.79 Å². The first-order valence-electron chi connectivity index (χ1n) is 6.39. The van der Waals surface area contributed by atoms with Crippen LogP contribution >= 0.6 is 11.3 Å². The lowest BCUT2D eigenvalue weighted by molar-refractivity contribution is 0.102. The number of benzene rings is 1. The highest BCUT2D eigenvalue weighted by Crippen LogP contribution is 2.24. The zero-order valence-electron chi connectivity index (χ0n) is 11.6.